The predicted molar refractivity (Wildman–Crippen MR) is 87.1 cm³/mol. The van der Waals surface area contributed by atoms with Gasteiger partial charge in [0.15, 0.2) is 0 Å². The second-order valence-electron chi connectivity index (χ2n) is 4.95. The Morgan fingerprint density at radius 2 is 2.00 bits per heavy atom. The zero-order chi connectivity index (χ0) is 15.7. The topological polar surface area (TPSA) is 70.0 Å². The first kappa shape index (κ1) is 14.3. The van der Waals surface area contributed by atoms with Gasteiger partial charge in [0.05, 0.1) is 23.7 Å². The van der Waals surface area contributed by atoms with E-state index in [9.17, 15) is 9.59 Å². The van der Waals surface area contributed by atoms with Crippen LogP contribution in [0.2, 0.25) is 0 Å². The Hall–Kier alpha value is -2.60. The number of anilines is 1. The molecule has 1 aliphatic carbocycles. The van der Waals surface area contributed by atoms with Crippen molar-refractivity contribution in [1.82, 2.24) is 0 Å². The van der Waals surface area contributed by atoms with Crippen LogP contribution in [-0.4, -0.2) is 27.8 Å². The molecule has 1 aromatic carbocycles. The highest BCUT2D eigenvalue weighted by atomic mass is 32.1. The van der Waals surface area contributed by atoms with Gasteiger partial charge in [0.25, 0.3) is 0 Å². The molecule has 5 nitrogen and oxygen atoms in total. The summed E-state index contributed by atoms with van der Waals surface area (Å²) in [5.41, 5.74) is 1.91. The van der Waals surface area contributed by atoms with Crippen molar-refractivity contribution in [2.24, 2.45) is 10.9 Å². The first-order valence-electron chi connectivity index (χ1n) is 6.68. The Morgan fingerprint density at radius 1 is 1.27 bits per heavy atom. The summed E-state index contributed by atoms with van der Waals surface area (Å²) in [4.78, 5) is 29.0. The lowest BCUT2D eigenvalue weighted by atomic mass is 9.95. The summed E-state index contributed by atoms with van der Waals surface area (Å²) in [5, 5.41) is 8.98. The quantitative estimate of drug-likeness (QED) is 0.868. The van der Waals surface area contributed by atoms with Crippen molar-refractivity contribution >= 4 is 40.6 Å². The van der Waals surface area contributed by atoms with Crippen LogP contribution in [0.25, 0.3) is 0 Å². The number of amides is 1. The molecule has 0 saturated heterocycles. The van der Waals surface area contributed by atoms with Crippen molar-refractivity contribution in [2.45, 2.75) is 6.42 Å². The van der Waals surface area contributed by atoms with Gasteiger partial charge >= 0.3 is 5.97 Å². The number of hydrogen-bond donors (Lipinski definition) is 1. The molecule has 0 saturated carbocycles. The molecule has 1 heterocycles. The van der Waals surface area contributed by atoms with Crippen LogP contribution >= 0.6 is 12.2 Å². The molecule has 1 aliphatic heterocycles. The number of carbonyl (C=O) groups is 2. The van der Waals surface area contributed by atoms with Gasteiger partial charge in [0.1, 0.15) is 0 Å². The molecule has 3 rings (SSSR count). The molecule has 1 N–H and O–H groups in total. The van der Waals surface area contributed by atoms with E-state index in [0.29, 0.717) is 17.0 Å². The average molecular weight is 312 g/mol. The highest BCUT2D eigenvalue weighted by molar-refractivity contribution is 7.80. The number of thiocarbonyl (C=S) groups is 1. The van der Waals surface area contributed by atoms with Crippen LogP contribution < -0.4 is 4.90 Å². The lowest BCUT2D eigenvalue weighted by molar-refractivity contribution is -0.136. The molecule has 6 heteroatoms. The van der Waals surface area contributed by atoms with E-state index in [-0.39, 0.29) is 17.4 Å². The second-order valence-corrected chi connectivity index (χ2v) is 5.32. The summed E-state index contributed by atoms with van der Waals surface area (Å²) in [7, 11) is 0. The van der Waals surface area contributed by atoms with E-state index >= 15 is 0 Å². The maximum absolute atomic E-state index is 12.6. The van der Waals surface area contributed by atoms with E-state index in [0.717, 1.165) is 0 Å². The molecule has 0 fully saturated rings. The van der Waals surface area contributed by atoms with E-state index in [1.54, 1.807) is 36.4 Å². The fourth-order valence-electron chi connectivity index (χ4n) is 2.42. The third-order valence-corrected chi connectivity index (χ3v) is 3.73. The van der Waals surface area contributed by atoms with Crippen molar-refractivity contribution in [3.05, 3.63) is 54.1 Å². The Bertz CT molecular complexity index is 747. The SMILES string of the molecule is O=C(O)Cc1ccc(N2C(=O)C3C=CC=CC3=NC2=S)cc1. The first-order valence-corrected chi connectivity index (χ1v) is 7.09. The second kappa shape index (κ2) is 5.65. The molecule has 1 unspecified atom stereocenters. The van der Waals surface area contributed by atoms with Crippen molar-refractivity contribution < 1.29 is 14.7 Å². The highest BCUT2D eigenvalue weighted by Gasteiger charge is 2.34. The number of rotatable bonds is 3. The summed E-state index contributed by atoms with van der Waals surface area (Å²) in [6, 6.07) is 6.72. The van der Waals surface area contributed by atoms with Gasteiger partial charge in [-0.3, -0.25) is 14.5 Å². The maximum atomic E-state index is 12.6. The minimum absolute atomic E-state index is 0.0584. The minimum atomic E-state index is -0.898. The molecule has 22 heavy (non-hydrogen) atoms. The minimum Gasteiger partial charge on any atom is -0.481 e. The fraction of sp³-hybridized carbons (Fsp3) is 0.125. The predicted octanol–water partition coefficient (Wildman–Crippen LogP) is 2.13. The molecule has 110 valence electrons. The largest absolute Gasteiger partial charge is 0.481 e. The van der Waals surface area contributed by atoms with Gasteiger partial charge in [0.2, 0.25) is 11.0 Å². The highest BCUT2D eigenvalue weighted by Crippen LogP contribution is 2.25. The van der Waals surface area contributed by atoms with Gasteiger partial charge in [-0.05, 0) is 36.0 Å². The van der Waals surface area contributed by atoms with Crippen LogP contribution in [0, 0.1) is 5.92 Å². The zero-order valence-corrected chi connectivity index (χ0v) is 12.3. The molecule has 0 aromatic heterocycles. The first-order chi connectivity index (χ1) is 10.6. The molecular formula is C16H12N2O3S. The number of benzene rings is 1. The summed E-state index contributed by atoms with van der Waals surface area (Å²) in [6.45, 7) is 0. The Balaban J connectivity index is 1.91. The standard InChI is InChI=1S/C16H12N2O3S/c19-14(20)9-10-5-7-11(8-6-10)18-15(21)12-3-1-2-4-13(12)17-16(18)22/h1-8,12H,9H2,(H,19,20). The van der Waals surface area contributed by atoms with E-state index in [1.807, 2.05) is 12.2 Å². The fourth-order valence-corrected chi connectivity index (χ4v) is 2.72. The van der Waals surface area contributed by atoms with E-state index < -0.39 is 11.9 Å². The van der Waals surface area contributed by atoms with E-state index in [1.165, 1.54) is 4.90 Å². The number of nitrogens with zero attached hydrogens (tertiary/aromatic N) is 2. The Kier molecular flexibility index (Phi) is 3.68. The van der Waals surface area contributed by atoms with Crippen molar-refractivity contribution in [2.75, 3.05) is 4.90 Å². The Morgan fingerprint density at radius 3 is 2.68 bits per heavy atom. The van der Waals surface area contributed by atoms with Gasteiger partial charge in [-0.15, -0.1) is 0 Å². The smallest absolute Gasteiger partial charge is 0.307 e. The van der Waals surface area contributed by atoms with Crippen LogP contribution in [0.15, 0.2) is 53.6 Å². The number of carbonyl (C=O) groups excluding carboxylic acids is 1. The van der Waals surface area contributed by atoms with Crippen LogP contribution in [0.1, 0.15) is 5.56 Å². The zero-order valence-electron chi connectivity index (χ0n) is 11.5. The monoisotopic (exact) mass is 312 g/mol. The van der Waals surface area contributed by atoms with Crippen LogP contribution in [0.3, 0.4) is 0 Å². The number of carboxylic acids is 1. The average Bonchev–Trinajstić information content (AvgIpc) is 2.48. The van der Waals surface area contributed by atoms with Crippen LogP contribution in [0.4, 0.5) is 5.69 Å². The van der Waals surface area contributed by atoms with Crippen molar-refractivity contribution in [3.8, 4) is 0 Å². The summed E-state index contributed by atoms with van der Waals surface area (Å²) in [6.07, 6.45) is 7.14. The van der Waals surface area contributed by atoms with Gasteiger partial charge in [0, 0.05) is 0 Å². The lowest BCUT2D eigenvalue weighted by Crippen LogP contribution is -2.46. The van der Waals surface area contributed by atoms with Crippen molar-refractivity contribution in [3.63, 3.8) is 0 Å². The molecule has 0 radical (unpaired) electrons. The number of allylic oxidation sites excluding steroid dienone is 3. The summed E-state index contributed by atoms with van der Waals surface area (Å²) >= 11 is 5.22. The van der Waals surface area contributed by atoms with Gasteiger partial charge in [-0.2, -0.15) is 0 Å². The normalized spacial score (nSPS) is 19.9. The van der Waals surface area contributed by atoms with Gasteiger partial charge in [-0.25, -0.2) is 4.99 Å². The van der Waals surface area contributed by atoms with Gasteiger partial charge in [-0.1, -0.05) is 30.4 Å². The number of carboxylic acid groups (broad SMARTS) is 1. The van der Waals surface area contributed by atoms with Crippen LogP contribution in [-0.2, 0) is 16.0 Å². The number of aliphatic imine (C=N–C) groups is 1. The molecule has 2 aliphatic rings. The summed E-state index contributed by atoms with van der Waals surface area (Å²) in [5.74, 6) is -1.47. The van der Waals surface area contributed by atoms with Crippen LogP contribution in [0.5, 0.6) is 0 Å². The van der Waals surface area contributed by atoms with E-state index in [4.69, 9.17) is 17.3 Å². The number of aliphatic carboxylic acids is 1. The summed E-state index contributed by atoms with van der Waals surface area (Å²) < 4.78 is 0. The molecule has 0 bridgehead atoms. The number of hydrogen-bond acceptors (Lipinski definition) is 3. The molecule has 1 aromatic rings. The van der Waals surface area contributed by atoms with Gasteiger partial charge < -0.3 is 5.11 Å². The molecular weight excluding hydrogens is 300 g/mol. The molecule has 1 atom stereocenters. The Labute approximate surface area is 132 Å². The maximum Gasteiger partial charge on any atom is 0.307 e. The lowest BCUT2D eigenvalue weighted by Gasteiger charge is -2.30. The third kappa shape index (κ3) is 2.60. The van der Waals surface area contributed by atoms with E-state index in [2.05, 4.69) is 4.99 Å². The number of fused-ring (bicyclic) bond motifs is 1. The van der Waals surface area contributed by atoms with Crippen molar-refractivity contribution in [1.29, 1.82) is 0 Å². The molecule has 0 spiro atoms. The third-order valence-electron chi connectivity index (χ3n) is 3.45. The molecule has 1 amide bonds.